The summed E-state index contributed by atoms with van der Waals surface area (Å²) in [6.45, 7) is 1.84. The van der Waals surface area contributed by atoms with Crippen LogP contribution in [0.2, 0.25) is 0 Å². The van der Waals surface area contributed by atoms with Gasteiger partial charge in [-0.25, -0.2) is 4.98 Å². The molecule has 21 heavy (non-hydrogen) atoms. The van der Waals surface area contributed by atoms with Crippen LogP contribution < -0.4 is 5.32 Å². The van der Waals surface area contributed by atoms with Crippen LogP contribution in [-0.2, 0) is 0 Å². The van der Waals surface area contributed by atoms with E-state index in [1.54, 1.807) is 36.7 Å². The molecule has 0 spiro atoms. The Balaban J connectivity index is 1.89. The third kappa shape index (κ3) is 2.90. The third-order valence-electron chi connectivity index (χ3n) is 3.03. The number of carbonyl (C=O) groups is 1. The number of pyridine rings is 1. The van der Waals surface area contributed by atoms with Crippen molar-refractivity contribution >= 4 is 38.6 Å². The van der Waals surface area contributed by atoms with Gasteiger partial charge in [0.05, 0.1) is 22.4 Å². The average Bonchev–Trinajstić information content (AvgIpc) is 2.49. The molecule has 3 rings (SSSR count). The van der Waals surface area contributed by atoms with Gasteiger partial charge in [0.25, 0.3) is 5.91 Å². The maximum absolute atomic E-state index is 12.3. The zero-order valence-corrected chi connectivity index (χ0v) is 12.8. The van der Waals surface area contributed by atoms with E-state index in [-0.39, 0.29) is 5.91 Å². The number of rotatable bonds is 2. The van der Waals surface area contributed by atoms with E-state index in [1.165, 1.54) is 0 Å². The Hall–Kier alpha value is -2.34. The molecule has 2 heterocycles. The molecule has 0 bridgehead atoms. The van der Waals surface area contributed by atoms with Crippen LogP contribution in [-0.4, -0.2) is 20.9 Å². The Morgan fingerprint density at radius 2 is 1.86 bits per heavy atom. The van der Waals surface area contributed by atoms with Crippen molar-refractivity contribution in [3.63, 3.8) is 0 Å². The molecule has 6 heteroatoms. The molecule has 0 aliphatic carbocycles. The summed E-state index contributed by atoms with van der Waals surface area (Å²) >= 11 is 3.30. The minimum absolute atomic E-state index is 0.199. The largest absolute Gasteiger partial charge is 0.320 e. The number of amides is 1. The molecule has 0 saturated carbocycles. The van der Waals surface area contributed by atoms with E-state index in [9.17, 15) is 4.79 Å². The molecule has 0 radical (unpaired) electrons. The summed E-state index contributed by atoms with van der Waals surface area (Å²) in [7, 11) is 0. The Morgan fingerprint density at radius 1 is 1.10 bits per heavy atom. The topological polar surface area (TPSA) is 67.8 Å². The third-order valence-corrected chi connectivity index (χ3v) is 3.47. The van der Waals surface area contributed by atoms with Crippen molar-refractivity contribution in [3.05, 3.63) is 58.6 Å². The average molecular weight is 343 g/mol. The summed E-state index contributed by atoms with van der Waals surface area (Å²) in [5.74, 6) is -0.199. The van der Waals surface area contributed by atoms with Gasteiger partial charge >= 0.3 is 0 Å². The molecule has 1 N–H and O–H groups in total. The predicted molar refractivity (Wildman–Crippen MR) is 84.2 cm³/mol. The molecule has 0 unspecified atom stereocenters. The molecule has 0 aliphatic heterocycles. The minimum Gasteiger partial charge on any atom is -0.320 e. The van der Waals surface area contributed by atoms with Gasteiger partial charge in [-0.3, -0.25) is 14.8 Å². The Bertz CT molecular complexity index is 835. The van der Waals surface area contributed by atoms with E-state index in [2.05, 4.69) is 36.2 Å². The van der Waals surface area contributed by atoms with Gasteiger partial charge in [-0.15, -0.1) is 0 Å². The second-order valence-electron chi connectivity index (χ2n) is 4.48. The van der Waals surface area contributed by atoms with Crippen LogP contribution >= 0.6 is 15.9 Å². The fourth-order valence-corrected chi connectivity index (χ4v) is 2.36. The van der Waals surface area contributed by atoms with Gasteiger partial charge in [0.2, 0.25) is 0 Å². The molecule has 0 fully saturated rings. The monoisotopic (exact) mass is 342 g/mol. The predicted octanol–water partition coefficient (Wildman–Crippen LogP) is 3.35. The number of aromatic nitrogens is 3. The number of fused-ring (bicyclic) bond motifs is 1. The van der Waals surface area contributed by atoms with E-state index < -0.39 is 0 Å². The highest BCUT2D eigenvalue weighted by atomic mass is 79.9. The zero-order valence-electron chi connectivity index (χ0n) is 11.2. The quantitative estimate of drug-likeness (QED) is 0.725. The maximum atomic E-state index is 12.3. The first-order valence-electron chi connectivity index (χ1n) is 6.29. The summed E-state index contributed by atoms with van der Waals surface area (Å²) in [5.41, 5.74) is 3.41. The van der Waals surface area contributed by atoms with Crippen molar-refractivity contribution < 1.29 is 4.79 Å². The van der Waals surface area contributed by atoms with Crippen LogP contribution in [0.4, 0.5) is 5.69 Å². The van der Waals surface area contributed by atoms with Gasteiger partial charge in [-0.2, -0.15) is 0 Å². The van der Waals surface area contributed by atoms with Crippen LogP contribution in [0.1, 0.15) is 16.1 Å². The Kier molecular flexibility index (Phi) is 3.62. The van der Waals surface area contributed by atoms with Gasteiger partial charge in [0, 0.05) is 18.0 Å². The van der Waals surface area contributed by atoms with Crippen molar-refractivity contribution in [1.82, 2.24) is 15.0 Å². The lowest BCUT2D eigenvalue weighted by Gasteiger charge is -2.08. The summed E-state index contributed by atoms with van der Waals surface area (Å²) in [6, 6.07) is 8.83. The summed E-state index contributed by atoms with van der Waals surface area (Å²) < 4.78 is 0.735. The first-order valence-corrected chi connectivity index (χ1v) is 7.08. The number of anilines is 1. The minimum atomic E-state index is -0.199. The molecule has 0 atom stereocenters. The van der Waals surface area contributed by atoms with Crippen molar-refractivity contribution in [3.8, 4) is 0 Å². The lowest BCUT2D eigenvalue weighted by atomic mass is 10.1. The highest BCUT2D eigenvalue weighted by molar-refractivity contribution is 9.10. The van der Waals surface area contributed by atoms with Gasteiger partial charge in [-0.05, 0) is 53.2 Å². The van der Waals surface area contributed by atoms with Gasteiger partial charge in [-0.1, -0.05) is 0 Å². The number of nitrogens with zero attached hydrogens (tertiary/aromatic N) is 3. The number of benzene rings is 1. The van der Waals surface area contributed by atoms with Crippen LogP contribution in [0.15, 0.2) is 47.3 Å². The maximum Gasteiger partial charge on any atom is 0.255 e. The number of hydrogen-bond donors (Lipinski definition) is 1. The van der Waals surface area contributed by atoms with Crippen LogP contribution in [0.3, 0.4) is 0 Å². The molecular formula is C15H11BrN4O. The molecule has 2 aromatic heterocycles. The molecule has 1 amide bonds. The number of halogens is 1. The smallest absolute Gasteiger partial charge is 0.255 e. The second kappa shape index (κ2) is 5.57. The highest BCUT2D eigenvalue weighted by Gasteiger charge is 2.09. The molecule has 0 saturated heterocycles. The highest BCUT2D eigenvalue weighted by Crippen LogP contribution is 2.18. The molecule has 1 aromatic carbocycles. The van der Waals surface area contributed by atoms with Crippen LogP contribution in [0, 0.1) is 6.92 Å². The summed E-state index contributed by atoms with van der Waals surface area (Å²) in [5, 5.41) is 2.85. The second-order valence-corrected chi connectivity index (χ2v) is 5.29. The fraction of sp³-hybridized carbons (Fsp3) is 0.0667. The van der Waals surface area contributed by atoms with Crippen molar-refractivity contribution in [2.75, 3.05) is 5.32 Å². The van der Waals surface area contributed by atoms with Gasteiger partial charge < -0.3 is 5.32 Å². The summed E-state index contributed by atoms with van der Waals surface area (Å²) in [4.78, 5) is 24.9. The molecule has 0 aliphatic rings. The first kappa shape index (κ1) is 13.6. The Labute approximate surface area is 129 Å². The van der Waals surface area contributed by atoms with Crippen molar-refractivity contribution in [2.24, 2.45) is 0 Å². The van der Waals surface area contributed by atoms with E-state index in [0.717, 1.165) is 15.8 Å². The lowest BCUT2D eigenvalue weighted by Crippen LogP contribution is -2.13. The first-order chi connectivity index (χ1) is 10.1. The van der Waals surface area contributed by atoms with Gasteiger partial charge in [0.1, 0.15) is 4.60 Å². The van der Waals surface area contributed by atoms with Crippen molar-refractivity contribution in [2.45, 2.75) is 6.92 Å². The summed E-state index contributed by atoms with van der Waals surface area (Å²) in [6.07, 6.45) is 3.23. The number of carbonyl (C=O) groups excluding carboxylic acids is 1. The van der Waals surface area contributed by atoms with Crippen molar-refractivity contribution in [1.29, 1.82) is 0 Å². The normalized spacial score (nSPS) is 10.6. The SMILES string of the molecule is Cc1nc(Br)ccc1NC(=O)c1ccc2nccnc2c1. The van der Waals surface area contributed by atoms with Gasteiger partial charge in [0.15, 0.2) is 0 Å². The van der Waals surface area contributed by atoms with Crippen LogP contribution in [0.25, 0.3) is 11.0 Å². The van der Waals surface area contributed by atoms with E-state index in [4.69, 9.17) is 0 Å². The molecule has 3 aromatic rings. The van der Waals surface area contributed by atoms with E-state index in [0.29, 0.717) is 16.8 Å². The van der Waals surface area contributed by atoms with Crippen LogP contribution in [0.5, 0.6) is 0 Å². The number of nitrogens with one attached hydrogen (secondary N) is 1. The standard InChI is InChI=1S/C15H11BrN4O/c1-9-11(4-5-14(16)19-9)20-15(21)10-2-3-12-13(8-10)18-7-6-17-12/h2-8H,1H3,(H,20,21). The fourth-order valence-electron chi connectivity index (χ4n) is 1.96. The number of aryl methyl sites for hydroxylation is 1. The lowest BCUT2D eigenvalue weighted by molar-refractivity contribution is 0.102. The van der Waals surface area contributed by atoms with E-state index in [1.807, 2.05) is 13.0 Å². The molecular weight excluding hydrogens is 332 g/mol. The Morgan fingerprint density at radius 3 is 2.62 bits per heavy atom. The molecule has 104 valence electrons. The zero-order chi connectivity index (χ0) is 14.8. The number of hydrogen-bond acceptors (Lipinski definition) is 4. The molecule has 5 nitrogen and oxygen atoms in total. The van der Waals surface area contributed by atoms with E-state index >= 15 is 0 Å².